The van der Waals surface area contributed by atoms with Gasteiger partial charge in [0.1, 0.15) is 11.4 Å². The summed E-state index contributed by atoms with van der Waals surface area (Å²) in [6, 6.07) is 8.76. The maximum atomic E-state index is 12.3. The molecule has 126 valence electrons. The molecule has 0 aromatic heterocycles. The number of nitrogens with zero attached hydrogens (tertiary/aromatic N) is 1. The second kappa shape index (κ2) is 6.19. The first-order valence-electron chi connectivity index (χ1n) is 7.28. The lowest BCUT2D eigenvalue weighted by Gasteiger charge is -2.20. The van der Waals surface area contributed by atoms with Gasteiger partial charge in [-0.15, -0.1) is 0 Å². The molecule has 2 aromatic rings. The summed E-state index contributed by atoms with van der Waals surface area (Å²) < 4.78 is 0. The van der Waals surface area contributed by atoms with E-state index in [4.69, 9.17) is 5.73 Å². The summed E-state index contributed by atoms with van der Waals surface area (Å²) in [5.74, 6) is -0.652. The van der Waals surface area contributed by atoms with Gasteiger partial charge in [-0.05, 0) is 35.2 Å². The molecule has 0 saturated carbocycles. The van der Waals surface area contributed by atoms with Crippen molar-refractivity contribution in [3.63, 3.8) is 0 Å². The highest BCUT2D eigenvalue weighted by Crippen LogP contribution is 2.31. The van der Waals surface area contributed by atoms with Crippen molar-refractivity contribution in [3.8, 4) is 5.75 Å². The SMILES string of the molecule is CC(C)(C)c1ccc(O)c(NC(=O)c2ccc(N)c([N+](=O)[O-])c2)c1. The first kappa shape index (κ1) is 17.3. The molecule has 7 heteroatoms. The van der Waals surface area contributed by atoms with Crippen molar-refractivity contribution in [1.82, 2.24) is 0 Å². The number of anilines is 2. The number of carbonyl (C=O) groups excluding carboxylic acids is 1. The number of phenolic OH excluding ortho intramolecular Hbond substituents is 1. The summed E-state index contributed by atoms with van der Waals surface area (Å²) in [6.07, 6.45) is 0. The molecule has 0 bridgehead atoms. The van der Waals surface area contributed by atoms with Crippen LogP contribution in [0.2, 0.25) is 0 Å². The topological polar surface area (TPSA) is 118 Å². The predicted octanol–water partition coefficient (Wildman–Crippen LogP) is 3.43. The monoisotopic (exact) mass is 329 g/mol. The largest absolute Gasteiger partial charge is 0.506 e. The van der Waals surface area contributed by atoms with E-state index in [-0.39, 0.29) is 33.8 Å². The van der Waals surface area contributed by atoms with Crippen LogP contribution in [-0.2, 0) is 5.41 Å². The Morgan fingerprint density at radius 2 is 1.88 bits per heavy atom. The Bertz CT molecular complexity index is 810. The third-order valence-electron chi connectivity index (χ3n) is 3.60. The minimum atomic E-state index is -0.649. The zero-order chi connectivity index (χ0) is 18.1. The summed E-state index contributed by atoms with van der Waals surface area (Å²) >= 11 is 0. The van der Waals surface area contributed by atoms with Crippen LogP contribution in [0.15, 0.2) is 36.4 Å². The van der Waals surface area contributed by atoms with Gasteiger partial charge < -0.3 is 16.2 Å². The molecule has 2 aromatic carbocycles. The van der Waals surface area contributed by atoms with Gasteiger partial charge in [0.05, 0.1) is 10.6 Å². The van der Waals surface area contributed by atoms with Gasteiger partial charge in [-0.2, -0.15) is 0 Å². The Kier molecular flexibility index (Phi) is 4.45. The van der Waals surface area contributed by atoms with E-state index in [0.29, 0.717) is 0 Å². The summed E-state index contributed by atoms with van der Waals surface area (Å²) in [7, 11) is 0. The van der Waals surface area contributed by atoms with Crippen LogP contribution in [0.1, 0.15) is 36.7 Å². The molecule has 0 heterocycles. The van der Waals surface area contributed by atoms with E-state index < -0.39 is 10.8 Å². The number of nitro benzene ring substituents is 1. The Hall–Kier alpha value is -3.09. The molecular formula is C17H19N3O4. The molecule has 0 unspecified atom stereocenters. The maximum Gasteiger partial charge on any atom is 0.292 e. The Labute approximate surface area is 139 Å². The summed E-state index contributed by atoms with van der Waals surface area (Å²) in [4.78, 5) is 22.6. The van der Waals surface area contributed by atoms with E-state index in [1.54, 1.807) is 12.1 Å². The quantitative estimate of drug-likeness (QED) is 0.345. The zero-order valence-corrected chi connectivity index (χ0v) is 13.7. The van der Waals surface area contributed by atoms with Crippen molar-refractivity contribution in [1.29, 1.82) is 0 Å². The highest BCUT2D eigenvalue weighted by atomic mass is 16.6. The lowest BCUT2D eigenvalue weighted by atomic mass is 9.87. The normalized spacial score (nSPS) is 11.1. The third kappa shape index (κ3) is 3.62. The second-order valence-corrected chi connectivity index (χ2v) is 6.47. The number of nitro groups is 1. The van der Waals surface area contributed by atoms with Gasteiger partial charge >= 0.3 is 0 Å². The molecule has 0 saturated heterocycles. The highest BCUT2D eigenvalue weighted by molar-refractivity contribution is 6.05. The summed E-state index contributed by atoms with van der Waals surface area (Å²) in [5, 5.41) is 23.4. The molecule has 7 nitrogen and oxygen atoms in total. The zero-order valence-electron chi connectivity index (χ0n) is 13.7. The number of rotatable bonds is 3. The number of carbonyl (C=O) groups is 1. The highest BCUT2D eigenvalue weighted by Gasteiger charge is 2.19. The summed E-state index contributed by atoms with van der Waals surface area (Å²) in [6.45, 7) is 6.02. The van der Waals surface area contributed by atoms with Crippen molar-refractivity contribution in [2.75, 3.05) is 11.1 Å². The fourth-order valence-corrected chi connectivity index (χ4v) is 2.14. The number of nitrogen functional groups attached to an aromatic ring is 1. The smallest absolute Gasteiger partial charge is 0.292 e. The first-order valence-corrected chi connectivity index (χ1v) is 7.28. The van der Waals surface area contributed by atoms with E-state index in [2.05, 4.69) is 5.32 Å². The molecule has 0 aliphatic rings. The summed E-state index contributed by atoms with van der Waals surface area (Å²) in [5.41, 5.74) is 6.26. The van der Waals surface area contributed by atoms with E-state index in [9.17, 15) is 20.0 Å². The molecule has 0 radical (unpaired) electrons. The number of nitrogens with two attached hydrogens (primary N) is 1. The Balaban J connectivity index is 2.33. The number of amides is 1. The number of benzene rings is 2. The van der Waals surface area contributed by atoms with Gasteiger partial charge in [0.2, 0.25) is 0 Å². The van der Waals surface area contributed by atoms with Crippen LogP contribution in [0.4, 0.5) is 17.1 Å². The maximum absolute atomic E-state index is 12.3. The third-order valence-corrected chi connectivity index (χ3v) is 3.60. The average Bonchev–Trinajstić information content (AvgIpc) is 2.48. The molecule has 0 aliphatic carbocycles. The van der Waals surface area contributed by atoms with E-state index >= 15 is 0 Å². The van der Waals surface area contributed by atoms with Gasteiger partial charge in [0.25, 0.3) is 11.6 Å². The molecule has 4 N–H and O–H groups in total. The fourth-order valence-electron chi connectivity index (χ4n) is 2.14. The number of hydrogen-bond donors (Lipinski definition) is 3. The van der Waals surface area contributed by atoms with Crippen LogP contribution in [0.25, 0.3) is 0 Å². The number of aromatic hydroxyl groups is 1. The number of nitrogens with one attached hydrogen (secondary N) is 1. The van der Waals surface area contributed by atoms with Crippen molar-refractivity contribution in [2.45, 2.75) is 26.2 Å². The average molecular weight is 329 g/mol. The molecular weight excluding hydrogens is 310 g/mol. The first-order chi connectivity index (χ1) is 11.1. The van der Waals surface area contributed by atoms with Gasteiger partial charge in [-0.1, -0.05) is 26.8 Å². The number of phenols is 1. The second-order valence-electron chi connectivity index (χ2n) is 6.47. The van der Waals surface area contributed by atoms with E-state index in [0.717, 1.165) is 11.6 Å². The van der Waals surface area contributed by atoms with Crippen LogP contribution in [0.3, 0.4) is 0 Å². The van der Waals surface area contributed by atoms with Crippen molar-refractivity contribution in [2.24, 2.45) is 0 Å². The van der Waals surface area contributed by atoms with E-state index in [1.165, 1.54) is 18.2 Å². The van der Waals surface area contributed by atoms with Gasteiger partial charge in [-0.25, -0.2) is 0 Å². The minimum Gasteiger partial charge on any atom is -0.506 e. The Morgan fingerprint density at radius 1 is 1.21 bits per heavy atom. The van der Waals surface area contributed by atoms with E-state index in [1.807, 2.05) is 20.8 Å². The van der Waals surface area contributed by atoms with Gasteiger partial charge in [0, 0.05) is 11.6 Å². The fraction of sp³-hybridized carbons (Fsp3) is 0.235. The van der Waals surface area contributed by atoms with Crippen molar-refractivity contribution >= 4 is 23.0 Å². The van der Waals surface area contributed by atoms with Crippen LogP contribution >= 0.6 is 0 Å². The Morgan fingerprint density at radius 3 is 2.46 bits per heavy atom. The molecule has 1 amide bonds. The molecule has 0 spiro atoms. The molecule has 2 rings (SSSR count). The molecule has 0 aliphatic heterocycles. The number of hydrogen-bond acceptors (Lipinski definition) is 5. The molecule has 24 heavy (non-hydrogen) atoms. The van der Waals surface area contributed by atoms with Crippen molar-refractivity contribution < 1.29 is 14.8 Å². The lowest BCUT2D eigenvalue weighted by molar-refractivity contribution is -0.383. The van der Waals surface area contributed by atoms with Gasteiger partial charge in [0.15, 0.2) is 0 Å². The predicted molar refractivity (Wildman–Crippen MR) is 92.3 cm³/mol. The minimum absolute atomic E-state index is 0.0193. The van der Waals surface area contributed by atoms with Crippen LogP contribution in [0.5, 0.6) is 5.75 Å². The molecule has 0 atom stereocenters. The van der Waals surface area contributed by atoms with Crippen LogP contribution < -0.4 is 11.1 Å². The molecule has 0 fully saturated rings. The van der Waals surface area contributed by atoms with Crippen molar-refractivity contribution in [3.05, 3.63) is 57.6 Å². The van der Waals surface area contributed by atoms with Crippen LogP contribution in [0, 0.1) is 10.1 Å². The standard InChI is InChI=1S/C17H19N3O4/c1-17(2,3)11-5-7-15(21)13(9-11)19-16(22)10-4-6-12(18)14(8-10)20(23)24/h4-9,21H,18H2,1-3H3,(H,19,22). The lowest BCUT2D eigenvalue weighted by Crippen LogP contribution is -2.15. The van der Waals surface area contributed by atoms with Gasteiger partial charge in [-0.3, -0.25) is 14.9 Å². The van der Waals surface area contributed by atoms with Crippen LogP contribution in [-0.4, -0.2) is 15.9 Å².